The molecule has 0 fully saturated rings. The lowest BCUT2D eigenvalue weighted by atomic mass is 9.82. The number of hydrogen-bond acceptors (Lipinski definition) is 2. The molecule has 2 N–H and O–H groups in total. The molecule has 4 heteroatoms. The Bertz CT molecular complexity index is 655. The molecule has 2 unspecified atom stereocenters. The summed E-state index contributed by atoms with van der Waals surface area (Å²) in [5.74, 6) is 0.0564. The second-order valence-electron chi connectivity index (χ2n) is 5.58. The topological polar surface area (TPSA) is 41.1 Å². The number of hydrogen-bond donors (Lipinski definition) is 2. The summed E-state index contributed by atoms with van der Waals surface area (Å²) in [6.45, 7) is 2.05. The Kier molecular flexibility index (Phi) is 6.20. The van der Waals surface area contributed by atoms with Gasteiger partial charge in [0.15, 0.2) is 0 Å². The average molecular weight is 331 g/mol. The van der Waals surface area contributed by atoms with Gasteiger partial charge < -0.3 is 10.6 Å². The summed E-state index contributed by atoms with van der Waals surface area (Å²) in [5.41, 5.74) is 3.38. The number of nitrogens with one attached hydrogen (secondary N) is 2. The highest BCUT2D eigenvalue weighted by atomic mass is 35.5. The van der Waals surface area contributed by atoms with Crippen LogP contribution in [0.5, 0.6) is 0 Å². The van der Waals surface area contributed by atoms with Crippen LogP contribution in [0, 0.1) is 0 Å². The van der Waals surface area contributed by atoms with Crippen molar-refractivity contribution in [1.29, 1.82) is 0 Å². The number of benzene rings is 2. The molecule has 1 aliphatic heterocycles. The van der Waals surface area contributed by atoms with E-state index < -0.39 is 0 Å². The van der Waals surface area contributed by atoms with E-state index in [1.165, 1.54) is 5.56 Å². The van der Waals surface area contributed by atoms with Gasteiger partial charge in [-0.2, -0.15) is 0 Å². The standard InChI is InChI=1S/C17H16ClNO.C2H7N/c1-2-13-14-5-3-4-6-15(14)16(19-17(13)20)11-7-9-12(18)10-8-11;1-3-2/h3-10,13,16H,2H2,1H3,(H,19,20);3H,1-2H3. The fraction of sp³-hybridized carbons (Fsp3) is 0.316. The van der Waals surface area contributed by atoms with Gasteiger partial charge in [0.1, 0.15) is 0 Å². The van der Waals surface area contributed by atoms with Gasteiger partial charge in [-0.05, 0) is 49.3 Å². The molecule has 122 valence electrons. The largest absolute Gasteiger partial charge is 0.345 e. The van der Waals surface area contributed by atoms with E-state index >= 15 is 0 Å². The predicted octanol–water partition coefficient (Wildman–Crippen LogP) is 3.89. The van der Waals surface area contributed by atoms with Gasteiger partial charge in [-0.25, -0.2) is 0 Å². The van der Waals surface area contributed by atoms with Crippen LogP contribution >= 0.6 is 11.6 Å². The first kappa shape index (κ1) is 17.5. The lowest BCUT2D eigenvalue weighted by molar-refractivity contribution is -0.123. The molecule has 1 amide bonds. The Morgan fingerprint density at radius 2 is 1.61 bits per heavy atom. The van der Waals surface area contributed by atoms with E-state index in [1.54, 1.807) is 0 Å². The summed E-state index contributed by atoms with van der Waals surface area (Å²) in [6, 6.07) is 15.7. The Morgan fingerprint density at radius 1 is 1.04 bits per heavy atom. The third-order valence-electron chi connectivity index (χ3n) is 3.90. The van der Waals surface area contributed by atoms with Gasteiger partial charge in [0.2, 0.25) is 5.91 Å². The number of carbonyl (C=O) groups is 1. The highest BCUT2D eigenvalue weighted by Crippen LogP contribution is 2.36. The Balaban J connectivity index is 0.000000595. The zero-order valence-electron chi connectivity index (χ0n) is 13.8. The molecular weight excluding hydrogens is 308 g/mol. The van der Waals surface area contributed by atoms with Crippen LogP contribution in [0.1, 0.15) is 42.0 Å². The van der Waals surface area contributed by atoms with Crippen molar-refractivity contribution in [2.24, 2.45) is 0 Å². The van der Waals surface area contributed by atoms with Crippen LogP contribution in [0.25, 0.3) is 0 Å². The normalized spacial score (nSPS) is 19.2. The number of amides is 1. The zero-order valence-corrected chi connectivity index (χ0v) is 14.5. The smallest absolute Gasteiger partial charge is 0.228 e. The monoisotopic (exact) mass is 330 g/mol. The first-order valence-corrected chi connectivity index (χ1v) is 8.23. The maximum absolute atomic E-state index is 12.3. The van der Waals surface area contributed by atoms with Crippen molar-refractivity contribution >= 4 is 17.5 Å². The average Bonchev–Trinajstić information content (AvgIpc) is 2.56. The molecule has 1 aliphatic rings. The van der Waals surface area contributed by atoms with E-state index in [9.17, 15) is 4.79 Å². The SMILES string of the molecule is CCC1C(=O)NC(c2ccc(Cl)cc2)c2ccccc21.CNC. The van der Waals surface area contributed by atoms with Gasteiger partial charge in [0.05, 0.1) is 12.0 Å². The molecule has 0 saturated carbocycles. The number of halogens is 1. The summed E-state index contributed by atoms with van der Waals surface area (Å²) < 4.78 is 0. The highest BCUT2D eigenvalue weighted by Gasteiger charge is 2.32. The third kappa shape index (κ3) is 3.92. The van der Waals surface area contributed by atoms with Gasteiger partial charge in [-0.15, -0.1) is 0 Å². The summed E-state index contributed by atoms with van der Waals surface area (Å²) in [6.07, 6.45) is 0.816. The second-order valence-corrected chi connectivity index (χ2v) is 6.02. The van der Waals surface area contributed by atoms with Crippen LogP contribution in [0.3, 0.4) is 0 Å². The summed E-state index contributed by atoms with van der Waals surface area (Å²) in [7, 11) is 3.75. The molecule has 1 heterocycles. The molecular formula is C19H23ClN2O. The van der Waals surface area contributed by atoms with Crippen molar-refractivity contribution in [3.05, 3.63) is 70.2 Å². The Labute approximate surface area is 143 Å². The molecule has 0 aromatic heterocycles. The first-order chi connectivity index (χ1) is 11.1. The van der Waals surface area contributed by atoms with Crippen molar-refractivity contribution in [1.82, 2.24) is 10.6 Å². The van der Waals surface area contributed by atoms with Crippen LogP contribution in [0.2, 0.25) is 5.02 Å². The van der Waals surface area contributed by atoms with Gasteiger partial charge in [0.25, 0.3) is 0 Å². The van der Waals surface area contributed by atoms with Crippen molar-refractivity contribution in [3.8, 4) is 0 Å². The molecule has 2 aromatic rings. The van der Waals surface area contributed by atoms with Crippen molar-refractivity contribution in [2.45, 2.75) is 25.3 Å². The molecule has 0 spiro atoms. The van der Waals surface area contributed by atoms with Gasteiger partial charge in [-0.3, -0.25) is 4.79 Å². The summed E-state index contributed by atoms with van der Waals surface area (Å²) >= 11 is 5.94. The van der Waals surface area contributed by atoms with E-state index in [1.807, 2.05) is 57.4 Å². The molecule has 0 radical (unpaired) electrons. The molecule has 23 heavy (non-hydrogen) atoms. The molecule has 2 atom stereocenters. The minimum atomic E-state index is -0.0845. The van der Waals surface area contributed by atoms with Crippen molar-refractivity contribution < 1.29 is 4.79 Å². The Morgan fingerprint density at radius 3 is 2.17 bits per heavy atom. The number of fused-ring (bicyclic) bond motifs is 1. The Hall–Kier alpha value is -1.84. The van der Waals surface area contributed by atoms with Crippen molar-refractivity contribution in [2.75, 3.05) is 14.1 Å². The predicted molar refractivity (Wildman–Crippen MR) is 95.9 cm³/mol. The van der Waals surface area contributed by atoms with Crippen LogP contribution in [-0.2, 0) is 4.79 Å². The number of carbonyl (C=O) groups excluding carboxylic acids is 1. The van der Waals surface area contributed by atoms with Gasteiger partial charge in [-0.1, -0.05) is 54.9 Å². The quantitative estimate of drug-likeness (QED) is 0.877. The van der Waals surface area contributed by atoms with Crippen LogP contribution in [0.4, 0.5) is 0 Å². The highest BCUT2D eigenvalue weighted by molar-refractivity contribution is 6.30. The summed E-state index contributed by atoms with van der Waals surface area (Å²) in [5, 5.41) is 6.58. The maximum Gasteiger partial charge on any atom is 0.228 e. The zero-order chi connectivity index (χ0) is 16.8. The molecule has 3 nitrogen and oxygen atoms in total. The second kappa shape index (κ2) is 8.14. The lowest BCUT2D eigenvalue weighted by Gasteiger charge is -2.32. The first-order valence-electron chi connectivity index (χ1n) is 7.85. The maximum atomic E-state index is 12.3. The van der Waals surface area contributed by atoms with E-state index in [2.05, 4.69) is 22.8 Å². The molecule has 0 bridgehead atoms. The molecule has 2 aromatic carbocycles. The van der Waals surface area contributed by atoms with E-state index in [4.69, 9.17) is 11.6 Å². The summed E-state index contributed by atoms with van der Waals surface area (Å²) in [4.78, 5) is 12.3. The van der Waals surface area contributed by atoms with Crippen LogP contribution in [-0.4, -0.2) is 20.0 Å². The number of rotatable bonds is 2. The van der Waals surface area contributed by atoms with Crippen molar-refractivity contribution in [3.63, 3.8) is 0 Å². The van der Waals surface area contributed by atoms with E-state index in [-0.39, 0.29) is 17.9 Å². The lowest BCUT2D eigenvalue weighted by Crippen LogP contribution is -2.38. The molecule has 3 rings (SSSR count). The minimum absolute atomic E-state index is 0.0465. The third-order valence-corrected chi connectivity index (χ3v) is 4.15. The van der Waals surface area contributed by atoms with Gasteiger partial charge >= 0.3 is 0 Å². The molecule has 0 saturated heterocycles. The van der Waals surface area contributed by atoms with E-state index in [0.29, 0.717) is 5.02 Å². The molecule has 0 aliphatic carbocycles. The fourth-order valence-corrected chi connectivity index (χ4v) is 3.00. The van der Waals surface area contributed by atoms with Crippen LogP contribution < -0.4 is 10.6 Å². The van der Waals surface area contributed by atoms with E-state index in [0.717, 1.165) is 17.5 Å². The van der Waals surface area contributed by atoms with Gasteiger partial charge in [0, 0.05) is 5.02 Å². The minimum Gasteiger partial charge on any atom is -0.345 e. The van der Waals surface area contributed by atoms with Crippen LogP contribution in [0.15, 0.2) is 48.5 Å². The fourth-order valence-electron chi connectivity index (χ4n) is 2.88.